The van der Waals surface area contributed by atoms with Gasteiger partial charge in [-0.05, 0) is 38.4 Å². The van der Waals surface area contributed by atoms with Crippen LogP contribution in [-0.4, -0.2) is 69.6 Å². The van der Waals surface area contributed by atoms with E-state index in [-0.39, 0.29) is 11.7 Å². The fourth-order valence-corrected chi connectivity index (χ4v) is 6.10. The summed E-state index contributed by atoms with van der Waals surface area (Å²) in [6.07, 6.45) is 7.63. The number of hydrogen-bond donors (Lipinski definition) is 0. The Morgan fingerprint density at radius 2 is 2.00 bits per heavy atom. The van der Waals surface area contributed by atoms with Crippen molar-refractivity contribution in [3.63, 3.8) is 0 Å². The number of halogens is 1. The van der Waals surface area contributed by atoms with Gasteiger partial charge in [0.05, 0.1) is 53.5 Å². The summed E-state index contributed by atoms with van der Waals surface area (Å²) in [5, 5.41) is 0.629. The number of likely N-dealkylation sites (tertiary alicyclic amines) is 1. The smallest absolute Gasteiger partial charge is 0.329 e. The maximum Gasteiger partial charge on any atom is 0.329 e. The number of imidazole rings is 1. The Labute approximate surface area is 218 Å². The van der Waals surface area contributed by atoms with Crippen LogP contribution < -0.4 is 15.2 Å². The number of benzene rings is 1. The van der Waals surface area contributed by atoms with Crippen LogP contribution in [0.5, 0.6) is 11.6 Å². The van der Waals surface area contributed by atoms with Crippen LogP contribution in [0.2, 0.25) is 0 Å². The van der Waals surface area contributed by atoms with Crippen molar-refractivity contribution in [2.24, 2.45) is 7.05 Å². The van der Waals surface area contributed by atoms with Crippen molar-refractivity contribution in [1.82, 2.24) is 24.0 Å². The van der Waals surface area contributed by atoms with E-state index < -0.39 is 11.9 Å². The summed E-state index contributed by atoms with van der Waals surface area (Å²) in [5.41, 5.74) is 2.50. The Morgan fingerprint density at radius 1 is 1.13 bits per heavy atom. The minimum Gasteiger partial charge on any atom is -0.484 e. The molecule has 0 bridgehead atoms. The first-order chi connectivity index (χ1) is 18.6. The van der Waals surface area contributed by atoms with Gasteiger partial charge in [-0.2, -0.15) is 0 Å². The summed E-state index contributed by atoms with van der Waals surface area (Å²) < 4.78 is 37.0. The molecule has 3 aliphatic rings. The monoisotopic (exact) mass is 519 g/mol. The fraction of sp³-hybridized carbons (Fsp3) is 0.464. The van der Waals surface area contributed by atoms with Crippen molar-refractivity contribution < 1.29 is 18.6 Å². The predicted molar refractivity (Wildman–Crippen MR) is 140 cm³/mol. The van der Waals surface area contributed by atoms with Crippen LogP contribution in [0, 0.1) is 5.82 Å². The standard InChI is InChI=1S/C28H30FN5O4/c1-32-20-14-30-19-12-18(29)24(27-25(19)26(20)34(28(32)35)21-15-36-16-22(21)38-27)17-6-7-23(31-13-17)37-11-5-10-33-8-3-2-4-9-33/h6-7,12-14,21-22H,2-5,8-11,15-16H2,1H3/t21-,22-/m1/s1. The Bertz CT molecular complexity index is 1570. The first-order valence-electron chi connectivity index (χ1n) is 13.4. The molecule has 38 heavy (non-hydrogen) atoms. The summed E-state index contributed by atoms with van der Waals surface area (Å²) in [7, 11) is 1.72. The van der Waals surface area contributed by atoms with Gasteiger partial charge >= 0.3 is 5.69 Å². The zero-order chi connectivity index (χ0) is 25.8. The van der Waals surface area contributed by atoms with Gasteiger partial charge in [-0.25, -0.2) is 14.2 Å². The molecular formula is C28H30FN5O4. The van der Waals surface area contributed by atoms with Crippen molar-refractivity contribution in [2.75, 3.05) is 39.5 Å². The summed E-state index contributed by atoms with van der Waals surface area (Å²) in [6, 6.07) is 4.67. The first kappa shape index (κ1) is 23.6. The van der Waals surface area contributed by atoms with Crippen LogP contribution in [0.3, 0.4) is 0 Å². The third-order valence-corrected chi connectivity index (χ3v) is 8.06. The Morgan fingerprint density at radius 3 is 2.82 bits per heavy atom. The lowest BCUT2D eigenvalue weighted by Crippen LogP contribution is -2.34. The molecule has 198 valence electrons. The molecule has 0 saturated carbocycles. The van der Waals surface area contributed by atoms with Crippen LogP contribution >= 0.6 is 0 Å². The lowest BCUT2D eigenvalue weighted by atomic mass is 10.0. The van der Waals surface area contributed by atoms with Gasteiger partial charge in [0.1, 0.15) is 23.7 Å². The van der Waals surface area contributed by atoms with Gasteiger partial charge in [0, 0.05) is 37.5 Å². The van der Waals surface area contributed by atoms with Crippen molar-refractivity contribution >= 4 is 21.9 Å². The lowest BCUT2D eigenvalue weighted by Gasteiger charge is -2.26. The number of pyridine rings is 2. The van der Waals surface area contributed by atoms with Gasteiger partial charge in [-0.15, -0.1) is 0 Å². The van der Waals surface area contributed by atoms with Crippen molar-refractivity contribution in [3.05, 3.63) is 46.9 Å². The second-order valence-electron chi connectivity index (χ2n) is 10.4. The molecule has 0 spiro atoms. The van der Waals surface area contributed by atoms with E-state index in [1.54, 1.807) is 40.7 Å². The zero-order valence-electron chi connectivity index (χ0n) is 21.4. The largest absolute Gasteiger partial charge is 0.484 e. The Kier molecular flexibility index (Phi) is 5.81. The molecule has 2 atom stereocenters. The minimum atomic E-state index is -0.460. The molecule has 0 N–H and O–H groups in total. The number of piperidine rings is 1. The number of fused-ring (bicyclic) bond motifs is 2. The van der Waals surface area contributed by atoms with E-state index in [9.17, 15) is 4.79 Å². The molecule has 6 heterocycles. The van der Waals surface area contributed by atoms with Crippen LogP contribution in [0.15, 0.2) is 35.4 Å². The van der Waals surface area contributed by atoms with Gasteiger partial charge in [0.25, 0.3) is 0 Å². The number of aromatic nitrogens is 4. The average Bonchev–Trinajstić information content (AvgIpc) is 3.44. The SMILES string of the molecule is Cn1c(=O)n2c3c4c(c(-c5ccc(OCCCN6CCCCC6)nc5)c(F)cc4ncc31)O[C@@H]1COC[C@H]12. The molecule has 3 aromatic heterocycles. The average molecular weight is 520 g/mol. The summed E-state index contributed by atoms with van der Waals surface area (Å²) in [6.45, 7) is 4.62. The maximum atomic E-state index is 15.7. The number of rotatable bonds is 6. The topological polar surface area (TPSA) is 83.6 Å². The summed E-state index contributed by atoms with van der Waals surface area (Å²) in [4.78, 5) is 24.7. The van der Waals surface area contributed by atoms with Crippen LogP contribution in [0.1, 0.15) is 31.7 Å². The number of aryl methyl sites for hydroxylation is 1. The highest BCUT2D eigenvalue weighted by atomic mass is 19.1. The second-order valence-corrected chi connectivity index (χ2v) is 10.4. The Balaban J connectivity index is 1.24. The van der Waals surface area contributed by atoms with Crippen molar-refractivity contribution in [3.8, 4) is 22.8 Å². The molecule has 10 heteroatoms. The highest BCUT2D eigenvalue weighted by Gasteiger charge is 2.39. The van der Waals surface area contributed by atoms with E-state index in [4.69, 9.17) is 14.2 Å². The molecule has 0 radical (unpaired) electrons. The predicted octanol–water partition coefficient (Wildman–Crippen LogP) is 3.68. The zero-order valence-corrected chi connectivity index (χ0v) is 21.4. The quantitative estimate of drug-likeness (QED) is 0.360. The van der Waals surface area contributed by atoms with Gasteiger partial charge in [-0.1, -0.05) is 6.42 Å². The molecule has 2 saturated heterocycles. The van der Waals surface area contributed by atoms with E-state index >= 15 is 4.39 Å². The Hall–Kier alpha value is -3.50. The maximum absolute atomic E-state index is 15.7. The van der Waals surface area contributed by atoms with Crippen molar-refractivity contribution in [1.29, 1.82) is 0 Å². The normalized spacial score (nSPS) is 21.1. The highest BCUT2D eigenvalue weighted by Crippen LogP contribution is 2.45. The van der Waals surface area contributed by atoms with Gasteiger partial charge in [0.15, 0.2) is 0 Å². The third-order valence-electron chi connectivity index (χ3n) is 8.06. The fourth-order valence-electron chi connectivity index (χ4n) is 6.10. The van der Waals surface area contributed by atoms with Crippen LogP contribution in [-0.2, 0) is 11.8 Å². The van der Waals surface area contributed by atoms with Crippen LogP contribution in [0.25, 0.3) is 33.1 Å². The summed E-state index contributed by atoms with van der Waals surface area (Å²) in [5.74, 6) is 0.414. The van der Waals surface area contributed by atoms with E-state index in [0.717, 1.165) is 13.0 Å². The molecule has 0 amide bonds. The molecule has 0 unspecified atom stereocenters. The third kappa shape index (κ3) is 3.77. The number of ether oxygens (including phenoxy) is 3. The second kappa shape index (κ2) is 9.36. The molecule has 2 fully saturated rings. The summed E-state index contributed by atoms with van der Waals surface area (Å²) >= 11 is 0. The molecule has 0 aliphatic carbocycles. The van der Waals surface area contributed by atoms with Gasteiger partial charge < -0.3 is 19.1 Å². The van der Waals surface area contributed by atoms with Gasteiger partial charge in [0.2, 0.25) is 5.88 Å². The van der Waals surface area contributed by atoms with E-state index in [2.05, 4.69) is 14.9 Å². The first-order valence-corrected chi connectivity index (χ1v) is 13.4. The number of hydrogen-bond acceptors (Lipinski definition) is 7. The van der Waals surface area contributed by atoms with E-state index in [1.165, 1.54) is 38.4 Å². The molecular weight excluding hydrogens is 489 g/mol. The molecule has 4 aromatic rings. The molecule has 3 aliphatic heterocycles. The molecule has 7 rings (SSSR count). The lowest BCUT2D eigenvalue weighted by molar-refractivity contribution is 0.140. The highest BCUT2D eigenvalue weighted by molar-refractivity contribution is 6.09. The molecule has 1 aromatic carbocycles. The van der Waals surface area contributed by atoms with Crippen LogP contribution in [0.4, 0.5) is 4.39 Å². The van der Waals surface area contributed by atoms with Crippen molar-refractivity contribution in [2.45, 2.75) is 37.8 Å². The molecule has 9 nitrogen and oxygen atoms in total. The van der Waals surface area contributed by atoms with Gasteiger partial charge in [-0.3, -0.25) is 14.1 Å². The van der Waals surface area contributed by atoms with E-state index in [1.807, 2.05) is 0 Å². The number of nitrogens with zero attached hydrogens (tertiary/aromatic N) is 5. The minimum absolute atomic E-state index is 0.166. The van der Waals surface area contributed by atoms with E-state index in [0.29, 0.717) is 64.5 Å².